The van der Waals surface area contributed by atoms with E-state index < -0.39 is 0 Å². The molecule has 1 unspecified atom stereocenters. The van der Waals surface area contributed by atoms with Gasteiger partial charge in [-0.25, -0.2) is 0 Å². The van der Waals surface area contributed by atoms with Crippen molar-refractivity contribution in [3.8, 4) is 0 Å². The molecule has 4 nitrogen and oxygen atoms in total. The van der Waals surface area contributed by atoms with Gasteiger partial charge in [-0.3, -0.25) is 4.79 Å². The van der Waals surface area contributed by atoms with E-state index in [2.05, 4.69) is 0 Å². The van der Waals surface area contributed by atoms with E-state index in [1.807, 2.05) is 39.5 Å². The van der Waals surface area contributed by atoms with E-state index in [0.717, 1.165) is 0 Å². The molecule has 0 aromatic carbocycles. The Balaban J connectivity index is 2.78. The Hall–Kier alpha value is -0.610. The zero-order chi connectivity index (χ0) is 12.6. The minimum absolute atomic E-state index is 0.107. The molecule has 1 amide bonds. The molecule has 1 heterocycles. The molecule has 94 valence electrons. The summed E-state index contributed by atoms with van der Waals surface area (Å²) < 4.78 is 5.93. The van der Waals surface area contributed by atoms with Crippen LogP contribution in [0.25, 0.3) is 0 Å². The van der Waals surface area contributed by atoms with Gasteiger partial charge in [0.1, 0.15) is 0 Å². The second kappa shape index (κ2) is 4.34. The molecule has 0 aliphatic carbocycles. The molecule has 16 heavy (non-hydrogen) atoms. The van der Waals surface area contributed by atoms with Crippen LogP contribution in [-0.2, 0) is 9.53 Å². The highest BCUT2D eigenvalue weighted by Crippen LogP contribution is 2.28. The van der Waals surface area contributed by atoms with E-state index in [9.17, 15) is 4.79 Å². The molecule has 0 aromatic rings. The van der Waals surface area contributed by atoms with Gasteiger partial charge in [-0.05, 0) is 27.7 Å². The Morgan fingerprint density at radius 3 is 2.12 bits per heavy atom. The number of hydrogen-bond donors (Lipinski definition) is 1. The van der Waals surface area contributed by atoms with Gasteiger partial charge >= 0.3 is 0 Å². The third-order valence-corrected chi connectivity index (χ3v) is 2.78. The van der Waals surface area contributed by atoms with E-state index in [4.69, 9.17) is 10.5 Å². The van der Waals surface area contributed by atoms with Gasteiger partial charge in [0.2, 0.25) is 5.91 Å². The van der Waals surface area contributed by atoms with Crippen molar-refractivity contribution in [1.82, 2.24) is 4.90 Å². The van der Waals surface area contributed by atoms with Crippen molar-refractivity contribution in [2.75, 3.05) is 19.6 Å². The van der Waals surface area contributed by atoms with Crippen molar-refractivity contribution < 1.29 is 9.53 Å². The minimum atomic E-state index is -0.286. The van der Waals surface area contributed by atoms with Crippen LogP contribution in [0.15, 0.2) is 0 Å². The summed E-state index contributed by atoms with van der Waals surface area (Å²) in [6.45, 7) is 11.6. The van der Waals surface area contributed by atoms with Crippen molar-refractivity contribution >= 4 is 5.91 Å². The van der Waals surface area contributed by atoms with Gasteiger partial charge in [0.05, 0.1) is 11.2 Å². The van der Waals surface area contributed by atoms with E-state index >= 15 is 0 Å². The fourth-order valence-electron chi connectivity index (χ4n) is 2.36. The standard InChI is InChI=1S/C12H24N2O2/c1-9(6-13)10(15)14-7-11(2,3)16-12(4,5)8-14/h9H,6-8,13H2,1-5H3. The molecule has 4 heteroatoms. The van der Waals surface area contributed by atoms with Crippen molar-refractivity contribution in [3.05, 3.63) is 0 Å². The van der Waals surface area contributed by atoms with Gasteiger partial charge in [0, 0.05) is 25.6 Å². The van der Waals surface area contributed by atoms with Crippen LogP contribution < -0.4 is 5.73 Å². The van der Waals surface area contributed by atoms with Crippen LogP contribution in [0, 0.1) is 5.92 Å². The molecule has 0 aromatic heterocycles. The summed E-state index contributed by atoms with van der Waals surface area (Å²) in [5.41, 5.74) is 4.96. The second-order valence-electron chi connectivity index (χ2n) is 5.95. The summed E-state index contributed by atoms with van der Waals surface area (Å²) in [6, 6.07) is 0. The molecule has 1 aliphatic heterocycles. The first-order valence-corrected chi connectivity index (χ1v) is 5.86. The molecule has 1 atom stereocenters. The van der Waals surface area contributed by atoms with Gasteiger partial charge < -0.3 is 15.4 Å². The normalized spacial score (nSPS) is 25.2. The Morgan fingerprint density at radius 2 is 1.75 bits per heavy atom. The summed E-state index contributed by atoms with van der Waals surface area (Å²) in [5, 5.41) is 0. The number of rotatable bonds is 2. The maximum absolute atomic E-state index is 12.1. The molecule has 1 aliphatic rings. The molecule has 0 spiro atoms. The quantitative estimate of drug-likeness (QED) is 0.767. The van der Waals surface area contributed by atoms with Crippen LogP contribution in [0.3, 0.4) is 0 Å². The van der Waals surface area contributed by atoms with Gasteiger partial charge in [-0.15, -0.1) is 0 Å². The van der Waals surface area contributed by atoms with Crippen LogP contribution in [0.2, 0.25) is 0 Å². The largest absolute Gasteiger partial charge is 0.366 e. The maximum Gasteiger partial charge on any atom is 0.226 e. The molecular weight excluding hydrogens is 204 g/mol. The topological polar surface area (TPSA) is 55.6 Å². The first-order chi connectivity index (χ1) is 7.17. The summed E-state index contributed by atoms with van der Waals surface area (Å²) in [6.07, 6.45) is 0. The fraction of sp³-hybridized carbons (Fsp3) is 0.917. The van der Waals surface area contributed by atoms with Crippen LogP contribution in [0.1, 0.15) is 34.6 Å². The lowest BCUT2D eigenvalue weighted by molar-refractivity contribution is -0.189. The van der Waals surface area contributed by atoms with Crippen LogP contribution in [0.5, 0.6) is 0 Å². The highest BCUT2D eigenvalue weighted by Gasteiger charge is 2.40. The molecular formula is C12H24N2O2. The van der Waals surface area contributed by atoms with E-state index in [1.54, 1.807) is 0 Å². The Labute approximate surface area is 98.1 Å². The molecule has 1 saturated heterocycles. The smallest absolute Gasteiger partial charge is 0.226 e. The first kappa shape index (κ1) is 13.5. The highest BCUT2D eigenvalue weighted by atomic mass is 16.5. The van der Waals surface area contributed by atoms with Gasteiger partial charge in [0.25, 0.3) is 0 Å². The lowest BCUT2D eigenvalue weighted by Crippen LogP contribution is -2.59. The van der Waals surface area contributed by atoms with E-state index in [0.29, 0.717) is 19.6 Å². The summed E-state index contributed by atoms with van der Waals surface area (Å²) in [4.78, 5) is 14.0. The average molecular weight is 228 g/mol. The summed E-state index contributed by atoms with van der Waals surface area (Å²) in [5.74, 6) is 0.0247. The number of nitrogens with two attached hydrogens (primary N) is 1. The molecule has 1 fully saturated rings. The first-order valence-electron chi connectivity index (χ1n) is 5.86. The Kier molecular flexibility index (Phi) is 3.65. The SMILES string of the molecule is CC(CN)C(=O)N1CC(C)(C)OC(C)(C)C1. The monoisotopic (exact) mass is 228 g/mol. The molecule has 0 bridgehead atoms. The average Bonchev–Trinajstić information content (AvgIpc) is 2.10. The third-order valence-electron chi connectivity index (χ3n) is 2.78. The summed E-state index contributed by atoms with van der Waals surface area (Å²) in [7, 11) is 0. The van der Waals surface area contributed by atoms with Crippen LogP contribution in [0.4, 0.5) is 0 Å². The number of carbonyl (C=O) groups excluding carboxylic acids is 1. The predicted octanol–water partition coefficient (Wildman–Crippen LogP) is 0.997. The second-order valence-corrected chi connectivity index (χ2v) is 5.95. The predicted molar refractivity (Wildman–Crippen MR) is 64.0 cm³/mol. The van der Waals surface area contributed by atoms with Crippen molar-refractivity contribution in [1.29, 1.82) is 0 Å². The molecule has 0 radical (unpaired) electrons. The number of ether oxygens (including phenoxy) is 1. The fourth-order valence-corrected chi connectivity index (χ4v) is 2.36. The number of amides is 1. The third kappa shape index (κ3) is 3.19. The van der Waals surface area contributed by atoms with Gasteiger partial charge in [0.15, 0.2) is 0 Å². The maximum atomic E-state index is 12.1. The number of morpholine rings is 1. The van der Waals surface area contributed by atoms with Crippen LogP contribution >= 0.6 is 0 Å². The number of nitrogens with zero attached hydrogens (tertiary/aromatic N) is 1. The Bertz CT molecular complexity index is 258. The number of hydrogen-bond acceptors (Lipinski definition) is 3. The van der Waals surface area contributed by atoms with Crippen LogP contribution in [-0.4, -0.2) is 41.6 Å². The lowest BCUT2D eigenvalue weighted by Gasteiger charge is -2.47. The number of carbonyl (C=O) groups is 1. The van der Waals surface area contributed by atoms with Crippen molar-refractivity contribution in [2.24, 2.45) is 11.7 Å². The zero-order valence-electron chi connectivity index (χ0n) is 11.0. The molecule has 1 rings (SSSR count). The van der Waals surface area contributed by atoms with Gasteiger partial charge in [-0.2, -0.15) is 0 Å². The van der Waals surface area contributed by atoms with Crippen molar-refractivity contribution in [3.63, 3.8) is 0 Å². The zero-order valence-corrected chi connectivity index (χ0v) is 11.0. The van der Waals surface area contributed by atoms with E-state index in [1.165, 1.54) is 0 Å². The summed E-state index contributed by atoms with van der Waals surface area (Å²) >= 11 is 0. The van der Waals surface area contributed by atoms with Gasteiger partial charge in [-0.1, -0.05) is 6.92 Å². The minimum Gasteiger partial charge on any atom is -0.366 e. The lowest BCUT2D eigenvalue weighted by atomic mass is 9.97. The molecule has 0 saturated carbocycles. The molecule has 2 N–H and O–H groups in total. The highest BCUT2D eigenvalue weighted by molar-refractivity contribution is 5.79. The van der Waals surface area contributed by atoms with Crippen molar-refractivity contribution in [2.45, 2.75) is 45.8 Å². The Morgan fingerprint density at radius 1 is 1.31 bits per heavy atom. The van der Waals surface area contributed by atoms with E-state index in [-0.39, 0.29) is 23.0 Å².